The molecule has 1 atom stereocenters. The second kappa shape index (κ2) is 10.6. The number of aryl methyl sites for hydroxylation is 1. The normalized spacial score (nSPS) is 18.6. The molecule has 2 fully saturated rings. The molecule has 164 valence electrons. The minimum absolute atomic E-state index is 0.121. The van der Waals surface area contributed by atoms with E-state index in [0.717, 1.165) is 28.5 Å². The van der Waals surface area contributed by atoms with Crippen LogP contribution in [-0.2, 0) is 9.53 Å². The van der Waals surface area contributed by atoms with Crippen molar-refractivity contribution in [3.8, 4) is 0 Å². The molecule has 1 aromatic rings. The number of benzene rings is 1. The van der Waals surface area contributed by atoms with Gasteiger partial charge in [0.05, 0.1) is 19.1 Å². The first-order chi connectivity index (χ1) is 14.4. The number of ether oxygens (including phenoxy) is 1. The van der Waals surface area contributed by atoms with Crippen molar-refractivity contribution in [3.05, 3.63) is 40.5 Å². The van der Waals surface area contributed by atoms with Crippen molar-refractivity contribution >= 4 is 32.2 Å². The minimum Gasteiger partial charge on any atom is -0.378 e. The lowest BCUT2D eigenvalue weighted by atomic mass is 9.99. The second-order valence-corrected chi connectivity index (χ2v) is 9.23. The van der Waals surface area contributed by atoms with Gasteiger partial charge in [0.1, 0.15) is 0 Å². The highest BCUT2D eigenvalue weighted by Gasteiger charge is 2.27. The van der Waals surface area contributed by atoms with E-state index in [9.17, 15) is 9.59 Å². The summed E-state index contributed by atoms with van der Waals surface area (Å²) in [6.07, 6.45) is 4.17. The molecule has 1 saturated heterocycles. The molecule has 2 aliphatic rings. The fourth-order valence-electron chi connectivity index (χ4n) is 3.93. The molecule has 0 aromatic heterocycles. The Morgan fingerprint density at radius 1 is 1.27 bits per heavy atom. The SMILES string of the molecule is CCCC(CNC(=O)c1ccc(C)c(/C(Br)=C(\C)C2CC2)c1)C(=O)N1CCOCC1. The van der Waals surface area contributed by atoms with Crippen molar-refractivity contribution in [2.75, 3.05) is 32.8 Å². The zero-order valence-corrected chi connectivity index (χ0v) is 19.9. The number of hydrogen-bond acceptors (Lipinski definition) is 3. The number of halogens is 1. The van der Waals surface area contributed by atoms with Gasteiger partial charge in [-0.3, -0.25) is 9.59 Å². The molecule has 6 heteroatoms. The number of morpholine rings is 1. The topological polar surface area (TPSA) is 58.6 Å². The second-order valence-electron chi connectivity index (χ2n) is 8.43. The molecular weight excluding hydrogens is 444 g/mol. The van der Waals surface area contributed by atoms with Crippen LogP contribution in [0.5, 0.6) is 0 Å². The maximum absolute atomic E-state index is 12.9. The van der Waals surface area contributed by atoms with E-state index in [0.29, 0.717) is 44.3 Å². The Labute approximate surface area is 188 Å². The van der Waals surface area contributed by atoms with Crippen LogP contribution in [0.25, 0.3) is 4.48 Å². The molecule has 1 unspecified atom stereocenters. The first-order valence-corrected chi connectivity index (χ1v) is 11.8. The molecule has 1 aliphatic heterocycles. The van der Waals surface area contributed by atoms with Crippen LogP contribution in [0.2, 0.25) is 0 Å². The third-order valence-corrected chi connectivity index (χ3v) is 7.14. The zero-order valence-electron chi connectivity index (χ0n) is 18.3. The highest BCUT2D eigenvalue weighted by molar-refractivity contribution is 9.15. The Morgan fingerprint density at radius 3 is 2.60 bits per heavy atom. The molecule has 1 aliphatic carbocycles. The molecule has 0 bridgehead atoms. The first-order valence-electron chi connectivity index (χ1n) is 11.0. The summed E-state index contributed by atoms with van der Waals surface area (Å²) in [4.78, 5) is 27.6. The van der Waals surface area contributed by atoms with E-state index in [4.69, 9.17) is 4.74 Å². The number of nitrogens with zero attached hydrogens (tertiary/aromatic N) is 1. The average molecular weight is 477 g/mol. The predicted octanol–water partition coefficient (Wildman–Crippen LogP) is 4.54. The lowest BCUT2D eigenvalue weighted by molar-refractivity contribution is -0.139. The predicted molar refractivity (Wildman–Crippen MR) is 124 cm³/mol. The van der Waals surface area contributed by atoms with E-state index in [1.54, 1.807) is 0 Å². The van der Waals surface area contributed by atoms with Gasteiger partial charge in [-0.25, -0.2) is 0 Å². The van der Waals surface area contributed by atoms with Gasteiger partial charge in [-0.2, -0.15) is 0 Å². The van der Waals surface area contributed by atoms with Crippen LogP contribution in [0.4, 0.5) is 0 Å². The Kier molecular flexibility index (Phi) is 8.12. The summed E-state index contributed by atoms with van der Waals surface area (Å²) in [5, 5.41) is 3.00. The molecule has 2 amide bonds. The third kappa shape index (κ3) is 5.73. The molecule has 3 rings (SSSR count). The Bertz CT molecular complexity index is 811. The molecule has 1 aromatic carbocycles. The van der Waals surface area contributed by atoms with Gasteiger partial charge in [0.15, 0.2) is 0 Å². The highest BCUT2D eigenvalue weighted by Crippen LogP contribution is 2.42. The van der Waals surface area contributed by atoms with Crippen molar-refractivity contribution in [3.63, 3.8) is 0 Å². The Balaban J connectivity index is 1.67. The van der Waals surface area contributed by atoms with Crippen molar-refractivity contribution in [1.82, 2.24) is 10.2 Å². The van der Waals surface area contributed by atoms with E-state index in [-0.39, 0.29) is 17.7 Å². The summed E-state index contributed by atoms with van der Waals surface area (Å²) < 4.78 is 6.45. The minimum atomic E-state index is -0.189. The van der Waals surface area contributed by atoms with Gasteiger partial charge in [0.25, 0.3) is 5.91 Å². The highest BCUT2D eigenvalue weighted by atomic mass is 79.9. The van der Waals surface area contributed by atoms with Crippen molar-refractivity contribution < 1.29 is 14.3 Å². The zero-order chi connectivity index (χ0) is 21.7. The quantitative estimate of drug-likeness (QED) is 0.599. The van der Waals surface area contributed by atoms with Crippen LogP contribution < -0.4 is 5.32 Å². The number of carbonyl (C=O) groups excluding carboxylic acids is 2. The van der Waals surface area contributed by atoms with E-state index >= 15 is 0 Å². The van der Waals surface area contributed by atoms with Gasteiger partial charge >= 0.3 is 0 Å². The smallest absolute Gasteiger partial charge is 0.251 e. The largest absolute Gasteiger partial charge is 0.378 e. The van der Waals surface area contributed by atoms with Gasteiger partial charge in [-0.05, 0) is 62.3 Å². The van der Waals surface area contributed by atoms with Crippen molar-refractivity contribution in [1.29, 1.82) is 0 Å². The number of amides is 2. The fourth-order valence-corrected chi connectivity index (χ4v) is 4.68. The first kappa shape index (κ1) is 23.0. The number of carbonyl (C=O) groups is 2. The van der Waals surface area contributed by atoms with E-state index in [2.05, 4.69) is 42.0 Å². The average Bonchev–Trinajstić information content (AvgIpc) is 3.61. The van der Waals surface area contributed by atoms with E-state index < -0.39 is 0 Å². The van der Waals surface area contributed by atoms with Crippen LogP contribution in [0.15, 0.2) is 23.8 Å². The van der Waals surface area contributed by atoms with Crippen LogP contribution in [-0.4, -0.2) is 49.6 Å². The monoisotopic (exact) mass is 476 g/mol. The number of allylic oxidation sites excluding steroid dienone is 1. The van der Waals surface area contributed by atoms with Crippen LogP contribution in [0.3, 0.4) is 0 Å². The summed E-state index contributed by atoms with van der Waals surface area (Å²) in [5.41, 5.74) is 4.20. The van der Waals surface area contributed by atoms with Gasteiger partial charge in [0, 0.05) is 29.7 Å². The number of nitrogens with one attached hydrogen (secondary N) is 1. The fraction of sp³-hybridized carbons (Fsp3) is 0.583. The standard InChI is InChI=1S/C24H33BrN2O3/c1-4-5-20(24(29)27-10-12-30-13-11-27)15-26-23(28)19-7-6-16(2)21(14-19)22(25)17(3)18-8-9-18/h6-7,14,18,20H,4-5,8-13,15H2,1-3H3,(H,26,28)/b22-17-. The molecule has 1 heterocycles. The molecule has 1 saturated carbocycles. The Hall–Kier alpha value is -1.66. The maximum Gasteiger partial charge on any atom is 0.251 e. The Morgan fingerprint density at radius 2 is 1.97 bits per heavy atom. The van der Waals surface area contributed by atoms with Crippen LogP contribution >= 0.6 is 15.9 Å². The molecule has 1 N–H and O–H groups in total. The number of hydrogen-bond donors (Lipinski definition) is 1. The third-order valence-electron chi connectivity index (χ3n) is 6.09. The molecule has 30 heavy (non-hydrogen) atoms. The molecule has 0 spiro atoms. The van der Waals surface area contributed by atoms with Crippen LogP contribution in [0, 0.1) is 18.8 Å². The lowest BCUT2D eigenvalue weighted by Gasteiger charge is -2.30. The van der Waals surface area contributed by atoms with E-state index in [1.807, 2.05) is 23.1 Å². The molecule has 5 nitrogen and oxygen atoms in total. The summed E-state index contributed by atoms with van der Waals surface area (Å²) >= 11 is 3.76. The lowest BCUT2D eigenvalue weighted by Crippen LogP contribution is -2.46. The van der Waals surface area contributed by atoms with Crippen LogP contribution in [0.1, 0.15) is 61.0 Å². The summed E-state index contributed by atoms with van der Waals surface area (Å²) in [6, 6.07) is 5.81. The molecule has 0 radical (unpaired) electrons. The number of rotatable bonds is 8. The van der Waals surface area contributed by atoms with Gasteiger partial charge < -0.3 is 15.0 Å². The summed E-state index contributed by atoms with van der Waals surface area (Å²) in [5.74, 6) is 0.468. The van der Waals surface area contributed by atoms with E-state index in [1.165, 1.54) is 18.4 Å². The van der Waals surface area contributed by atoms with Crippen molar-refractivity contribution in [2.24, 2.45) is 11.8 Å². The molecular formula is C24H33BrN2O3. The van der Waals surface area contributed by atoms with Gasteiger partial charge in [0.2, 0.25) is 5.91 Å². The van der Waals surface area contributed by atoms with Crippen molar-refractivity contribution in [2.45, 2.75) is 46.5 Å². The van der Waals surface area contributed by atoms with Gasteiger partial charge in [-0.1, -0.05) is 40.9 Å². The summed E-state index contributed by atoms with van der Waals surface area (Å²) in [6.45, 7) is 9.11. The maximum atomic E-state index is 12.9. The van der Waals surface area contributed by atoms with Gasteiger partial charge in [-0.15, -0.1) is 0 Å². The summed E-state index contributed by atoms with van der Waals surface area (Å²) in [7, 11) is 0.